The van der Waals surface area contributed by atoms with Crippen molar-refractivity contribution in [3.05, 3.63) is 81.4 Å². The molecule has 28 heavy (non-hydrogen) atoms. The highest BCUT2D eigenvalue weighted by Crippen LogP contribution is 2.24. The molecule has 0 aromatic heterocycles. The molecule has 0 fully saturated rings. The fourth-order valence-electron chi connectivity index (χ4n) is 2.57. The van der Waals surface area contributed by atoms with Gasteiger partial charge in [0.2, 0.25) is 0 Å². The molecule has 0 saturated carbocycles. The smallest absolute Gasteiger partial charge is 0.340 e. The maximum absolute atomic E-state index is 12.3. The number of nitrogens with one attached hydrogen (secondary N) is 1. The van der Waals surface area contributed by atoms with Crippen molar-refractivity contribution in [2.24, 2.45) is 0 Å². The largest absolute Gasteiger partial charge is 0.449 e. The Morgan fingerprint density at radius 1 is 1.07 bits per heavy atom. The fraction of sp³-hybridized carbons (Fsp3) is 0.100. The highest BCUT2D eigenvalue weighted by Gasteiger charge is 2.22. The first-order chi connectivity index (χ1) is 13.3. The number of nitro benzene ring substituents is 1. The zero-order valence-corrected chi connectivity index (χ0v) is 15.5. The lowest BCUT2D eigenvalue weighted by atomic mass is 10.1. The first-order valence-corrected chi connectivity index (χ1v) is 8.67. The third kappa shape index (κ3) is 4.27. The van der Waals surface area contributed by atoms with E-state index in [4.69, 9.17) is 16.3 Å². The number of fused-ring (bicyclic) bond motifs is 1. The summed E-state index contributed by atoms with van der Waals surface area (Å²) in [5.74, 6) is -1.36. The Hall–Kier alpha value is -3.45. The summed E-state index contributed by atoms with van der Waals surface area (Å²) < 4.78 is 5.13. The molecule has 0 saturated heterocycles. The number of nitrogens with zero attached hydrogens (tertiary/aromatic N) is 1. The third-order valence-corrected chi connectivity index (χ3v) is 4.37. The molecular weight excluding hydrogens is 384 g/mol. The molecule has 0 radical (unpaired) electrons. The number of ether oxygens (including phenoxy) is 1. The van der Waals surface area contributed by atoms with Crippen LogP contribution in [0.15, 0.2) is 60.7 Å². The Bertz CT molecular complexity index is 1080. The zero-order chi connectivity index (χ0) is 20.3. The van der Waals surface area contributed by atoms with E-state index in [0.717, 1.165) is 22.9 Å². The average molecular weight is 399 g/mol. The Labute approximate surface area is 165 Å². The van der Waals surface area contributed by atoms with Crippen LogP contribution in [-0.2, 0) is 9.53 Å². The number of carbonyl (C=O) groups excluding carboxylic acids is 2. The maximum Gasteiger partial charge on any atom is 0.340 e. The second kappa shape index (κ2) is 8.06. The van der Waals surface area contributed by atoms with Crippen molar-refractivity contribution in [1.29, 1.82) is 0 Å². The second-order valence-corrected chi connectivity index (χ2v) is 6.43. The van der Waals surface area contributed by atoms with Crippen molar-refractivity contribution in [3.8, 4) is 0 Å². The SMILES string of the molecule is C[C@H](OC(=O)c1ccc([N+](=O)[O-])cc1Cl)C(=O)Nc1ccc2ccccc2c1. The minimum absolute atomic E-state index is 0.0578. The average Bonchev–Trinajstić information content (AvgIpc) is 2.67. The number of nitro groups is 1. The number of rotatable bonds is 5. The molecule has 1 amide bonds. The topological polar surface area (TPSA) is 98.5 Å². The highest BCUT2D eigenvalue weighted by atomic mass is 35.5. The Balaban J connectivity index is 1.67. The number of carbonyl (C=O) groups is 2. The summed E-state index contributed by atoms with van der Waals surface area (Å²) in [4.78, 5) is 34.7. The summed E-state index contributed by atoms with van der Waals surface area (Å²) in [5, 5.41) is 15.3. The van der Waals surface area contributed by atoms with Gasteiger partial charge in [-0.1, -0.05) is 41.9 Å². The summed E-state index contributed by atoms with van der Waals surface area (Å²) in [6, 6.07) is 16.5. The lowest BCUT2D eigenvalue weighted by Gasteiger charge is -2.14. The van der Waals surface area contributed by atoms with Crippen molar-refractivity contribution in [1.82, 2.24) is 0 Å². The van der Waals surface area contributed by atoms with Gasteiger partial charge < -0.3 is 10.1 Å². The molecule has 1 N–H and O–H groups in total. The van der Waals surface area contributed by atoms with Crippen LogP contribution in [0.2, 0.25) is 5.02 Å². The van der Waals surface area contributed by atoms with Crippen LogP contribution in [0.25, 0.3) is 10.8 Å². The molecule has 0 heterocycles. The number of esters is 1. The quantitative estimate of drug-likeness (QED) is 0.385. The monoisotopic (exact) mass is 398 g/mol. The predicted molar refractivity (Wildman–Crippen MR) is 106 cm³/mol. The molecule has 0 aliphatic carbocycles. The van der Waals surface area contributed by atoms with E-state index in [1.54, 1.807) is 6.07 Å². The summed E-state index contributed by atoms with van der Waals surface area (Å²) >= 11 is 5.91. The third-order valence-electron chi connectivity index (χ3n) is 4.05. The minimum Gasteiger partial charge on any atom is -0.449 e. The number of non-ortho nitro benzene ring substituents is 1. The first-order valence-electron chi connectivity index (χ1n) is 8.30. The van der Waals surface area contributed by atoms with E-state index in [-0.39, 0.29) is 16.3 Å². The molecule has 3 aromatic carbocycles. The fourth-order valence-corrected chi connectivity index (χ4v) is 2.82. The molecular formula is C20H15ClN2O5. The van der Waals surface area contributed by atoms with E-state index in [1.165, 1.54) is 13.0 Å². The van der Waals surface area contributed by atoms with Crippen molar-refractivity contribution >= 4 is 45.6 Å². The van der Waals surface area contributed by atoms with Crippen molar-refractivity contribution in [2.45, 2.75) is 13.0 Å². The predicted octanol–water partition coefficient (Wildman–Crippen LogP) is 4.59. The Morgan fingerprint density at radius 2 is 1.79 bits per heavy atom. The molecule has 3 rings (SSSR count). The normalized spacial score (nSPS) is 11.6. The van der Waals surface area contributed by atoms with Gasteiger partial charge in [0.05, 0.1) is 15.5 Å². The Kier molecular flexibility index (Phi) is 5.56. The minimum atomic E-state index is -1.09. The van der Waals surface area contributed by atoms with Gasteiger partial charge in [0.15, 0.2) is 6.10 Å². The molecule has 0 bridgehead atoms. The summed E-state index contributed by atoms with van der Waals surface area (Å²) in [7, 11) is 0. The van der Waals surface area contributed by atoms with Crippen molar-refractivity contribution in [3.63, 3.8) is 0 Å². The Morgan fingerprint density at radius 3 is 2.46 bits per heavy atom. The molecule has 0 unspecified atom stereocenters. The van der Waals surface area contributed by atoms with E-state index >= 15 is 0 Å². The van der Waals surface area contributed by atoms with Crippen LogP contribution in [0.4, 0.5) is 11.4 Å². The van der Waals surface area contributed by atoms with Crippen LogP contribution in [0.1, 0.15) is 17.3 Å². The molecule has 142 valence electrons. The van der Waals surface area contributed by atoms with Crippen LogP contribution in [0.3, 0.4) is 0 Å². The van der Waals surface area contributed by atoms with E-state index in [2.05, 4.69) is 5.32 Å². The molecule has 3 aromatic rings. The van der Waals surface area contributed by atoms with Gasteiger partial charge in [-0.25, -0.2) is 4.79 Å². The number of benzene rings is 3. The molecule has 0 aliphatic rings. The van der Waals surface area contributed by atoms with Crippen LogP contribution >= 0.6 is 11.6 Å². The number of hydrogen-bond donors (Lipinski definition) is 1. The molecule has 8 heteroatoms. The summed E-state index contributed by atoms with van der Waals surface area (Å²) in [5.41, 5.74) is 0.265. The standard InChI is InChI=1S/C20H15ClN2O5/c1-12(28-20(25)17-9-8-16(23(26)27)11-18(17)21)19(24)22-15-7-6-13-4-2-3-5-14(13)10-15/h2-12H,1H3,(H,22,24)/t12-/m0/s1. The zero-order valence-electron chi connectivity index (χ0n) is 14.7. The van der Waals surface area contributed by atoms with Crippen LogP contribution < -0.4 is 5.32 Å². The van der Waals surface area contributed by atoms with E-state index in [1.807, 2.05) is 36.4 Å². The van der Waals surface area contributed by atoms with Gasteiger partial charge >= 0.3 is 5.97 Å². The summed E-state index contributed by atoms with van der Waals surface area (Å²) in [6.07, 6.45) is -1.09. The number of amides is 1. The van der Waals surface area contributed by atoms with Gasteiger partial charge in [-0.15, -0.1) is 0 Å². The highest BCUT2D eigenvalue weighted by molar-refractivity contribution is 6.33. The van der Waals surface area contributed by atoms with E-state index < -0.39 is 22.9 Å². The maximum atomic E-state index is 12.3. The van der Waals surface area contributed by atoms with Crippen LogP contribution in [0, 0.1) is 10.1 Å². The lowest BCUT2D eigenvalue weighted by Crippen LogP contribution is -2.30. The van der Waals surface area contributed by atoms with Gasteiger partial charge in [-0.3, -0.25) is 14.9 Å². The number of halogens is 1. The van der Waals surface area contributed by atoms with E-state index in [0.29, 0.717) is 5.69 Å². The molecule has 0 spiro atoms. The summed E-state index contributed by atoms with van der Waals surface area (Å²) in [6.45, 7) is 1.42. The van der Waals surface area contributed by atoms with E-state index in [9.17, 15) is 19.7 Å². The van der Waals surface area contributed by atoms with Gasteiger partial charge in [0.1, 0.15) is 0 Å². The number of hydrogen-bond acceptors (Lipinski definition) is 5. The van der Waals surface area contributed by atoms with Gasteiger partial charge in [-0.05, 0) is 35.9 Å². The number of anilines is 1. The van der Waals surface area contributed by atoms with Gasteiger partial charge in [0, 0.05) is 17.8 Å². The van der Waals surface area contributed by atoms with Crippen molar-refractivity contribution in [2.75, 3.05) is 5.32 Å². The molecule has 7 nitrogen and oxygen atoms in total. The molecule has 0 aliphatic heterocycles. The van der Waals surface area contributed by atoms with Gasteiger partial charge in [-0.2, -0.15) is 0 Å². The van der Waals surface area contributed by atoms with Gasteiger partial charge in [0.25, 0.3) is 11.6 Å². The lowest BCUT2D eigenvalue weighted by molar-refractivity contribution is -0.384. The van der Waals surface area contributed by atoms with Crippen LogP contribution in [0.5, 0.6) is 0 Å². The van der Waals surface area contributed by atoms with Crippen molar-refractivity contribution < 1.29 is 19.2 Å². The van der Waals surface area contributed by atoms with Crippen LogP contribution in [-0.4, -0.2) is 22.9 Å². The molecule has 1 atom stereocenters. The first kappa shape index (κ1) is 19.3. The second-order valence-electron chi connectivity index (χ2n) is 6.02.